The van der Waals surface area contributed by atoms with E-state index in [0.717, 1.165) is 11.3 Å². The minimum atomic E-state index is -2.81. The van der Waals surface area contributed by atoms with Gasteiger partial charge in [0.1, 0.15) is 0 Å². The van der Waals surface area contributed by atoms with E-state index >= 15 is 0 Å². The van der Waals surface area contributed by atoms with Crippen LogP contribution in [0.15, 0.2) is 17.5 Å². The molecule has 1 aromatic rings. The first kappa shape index (κ1) is 13.0. The third kappa shape index (κ3) is 3.28. The van der Waals surface area contributed by atoms with Crippen molar-refractivity contribution in [3.8, 4) is 0 Å². The van der Waals surface area contributed by atoms with E-state index in [0.29, 0.717) is 12.3 Å². The highest BCUT2D eigenvalue weighted by Crippen LogP contribution is 2.21. The number of hydrogen-bond acceptors (Lipinski definition) is 5. The highest BCUT2D eigenvalue weighted by molar-refractivity contribution is 7.91. The Morgan fingerprint density at radius 2 is 2.41 bits per heavy atom. The summed E-state index contributed by atoms with van der Waals surface area (Å²) >= 11 is 1.65. The average Bonchev–Trinajstić information content (AvgIpc) is 2.86. The zero-order valence-electron chi connectivity index (χ0n) is 9.87. The van der Waals surface area contributed by atoms with Crippen LogP contribution in [-0.2, 0) is 9.84 Å². The molecule has 1 aromatic heterocycles. The molecule has 1 aliphatic rings. The van der Waals surface area contributed by atoms with E-state index < -0.39 is 9.84 Å². The van der Waals surface area contributed by atoms with E-state index in [1.807, 2.05) is 24.6 Å². The maximum Gasteiger partial charge on any atom is 0.151 e. The van der Waals surface area contributed by atoms with Crippen LogP contribution in [0.4, 0.5) is 0 Å². The minimum Gasteiger partial charge on any atom is -0.322 e. The zero-order valence-corrected chi connectivity index (χ0v) is 11.5. The second-order valence-electron chi connectivity index (χ2n) is 4.62. The van der Waals surface area contributed by atoms with Crippen LogP contribution in [0.2, 0.25) is 0 Å². The normalized spacial score (nSPS) is 25.2. The van der Waals surface area contributed by atoms with Crippen molar-refractivity contribution in [1.29, 1.82) is 0 Å². The van der Waals surface area contributed by atoms with Crippen LogP contribution in [0.1, 0.15) is 17.3 Å². The molecule has 1 saturated heterocycles. The molecule has 2 atom stereocenters. The zero-order chi connectivity index (χ0) is 12.5. The molecule has 2 heterocycles. The van der Waals surface area contributed by atoms with Crippen molar-refractivity contribution in [2.24, 2.45) is 5.73 Å². The van der Waals surface area contributed by atoms with Gasteiger partial charge in [-0.3, -0.25) is 0 Å². The van der Waals surface area contributed by atoms with E-state index in [2.05, 4.69) is 4.90 Å². The Hall–Kier alpha value is -0.430. The molecule has 2 N–H and O–H groups in total. The minimum absolute atomic E-state index is 0.0247. The van der Waals surface area contributed by atoms with Crippen molar-refractivity contribution in [3.63, 3.8) is 0 Å². The molecular weight excluding hydrogens is 256 g/mol. The quantitative estimate of drug-likeness (QED) is 0.885. The van der Waals surface area contributed by atoms with Gasteiger partial charge >= 0.3 is 0 Å². The lowest BCUT2D eigenvalue weighted by atomic mass is 10.2. The molecular formula is C11H18N2O2S2. The molecule has 17 heavy (non-hydrogen) atoms. The molecule has 2 rings (SSSR count). The van der Waals surface area contributed by atoms with Crippen LogP contribution in [0, 0.1) is 0 Å². The Balaban J connectivity index is 1.92. The molecule has 0 bridgehead atoms. The molecule has 6 heteroatoms. The molecule has 4 nitrogen and oxygen atoms in total. The first-order chi connectivity index (χ1) is 7.98. The van der Waals surface area contributed by atoms with Gasteiger partial charge in [-0.15, -0.1) is 11.3 Å². The predicted molar refractivity (Wildman–Crippen MR) is 70.9 cm³/mol. The van der Waals surface area contributed by atoms with Crippen LogP contribution in [0.5, 0.6) is 0 Å². The number of rotatable bonds is 4. The standard InChI is InChI=1S/C11H18N2O2S2/c1-13(9-4-6-17(14,15)8-9)7-10(12)11-3-2-5-16-11/h2-3,5,9-10H,4,6-8,12H2,1H3. The van der Waals surface area contributed by atoms with Crippen molar-refractivity contribution in [2.45, 2.75) is 18.5 Å². The molecule has 0 spiro atoms. The van der Waals surface area contributed by atoms with Crippen molar-refractivity contribution in [3.05, 3.63) is 22.4 Å². The van der Waals surface area contributed by atoms with Gasteiger partial charge in [0.05, 0.1) is 17.5 Å². The second-order valence-corrected chi connectivity index (χ2v) is 7.83. The Morgan fingerprint density at radius 3 is 2.94 bits per heavy atom. The summed E-state index contributed by atoms with van der Waals surface area (Å²) in [5, 5.41) is 2.01. The van der Waals surface area contributed by atoms with Gasteiger partial charge in [0.25, 0.3) is 0 Å². The molecule has 1 aliphatic heterocycles. The third-order valence-electron chi connectivity index (χ3n) is 3.23. The fourth-order valence-electron chi connectivity index (χ4n) is 2.17. The van der Waals surface area contributed by atoms with Gasteiger partial charge in [-0.05, 0) is 24.9 Å². The monoisotopic (exact) mass is 274 g/mol. The van der Waals surface area contributed by atoms with Crippen molar-refractivity contribution >= 4 is 21.2 Å². The lowest BCUT2D eigenvalue weighted by Crippen LogP contribution is -2.37. The van der Waals surface area contributed by atoms with E-state index in [-0.39, 0.29) is 17.8 Å². The molecule has 2 unspecified atom stereocenters. The summed E-state index contributed by atoms with van der Waals surface area (Å²) in [6.07, 6.45) is 0.732. The molecule has 0 aromatic carbocycles. The lowest BCUT2D eigenvalue weighted by Gasteiger charge is -2.25. The Morgan fingerprint density at radius 1 is 1.65 bits per heavy atom. The van der Waals surface area contributed by atoms with E-state index in [4.69, 9.17) is 5.73 Å². The average molecular weight is 274 g/mol. The third-order valence-corrected chi connectivity index (χ3v) is 5.98. The highest BCUT2D eigenvalue weighted by atomic mass is 32.2. The lowest BCUT2D eigenvalue weighted by molar-refractivity contribution is 0.248. The summed E-state index contributed by atoms with van der Waals surface area (Å²) in [5.41, 5.74) is 6.09. The van der Waals surface area contributed by atoms with Crippen LogP contribution in [0.25, 0.3) is 0 Å². The van der Waals surface area contributed by atoms with Crippen LogP contribution >= 0.6 is 11.3 Å². The smallest absolute Gasteiger partial charge is 0.151 e. The maximum absolute atomic E-state index is 11.4. The molecule has 0 radical (unpaired) electrons. The Bertz CT molecular complexity index is 456. The van der Waals surface area contributed by atoms with Crippen LogP contribution < -0.4 is 5.73 Å². The maximum atomic E-state index is 11.4. The molecule has 0 saturated carbocycles. The first-order valence-electron chi connectivity index (χ1n) is 5.67. The van der Waals surface area contributed by atoms with Crippen molar-refractivity contribution < 1.29 is 8.42 Å². The van der Waals surface area contributed by atoms with E-state index in [9.17, 15) is 8.42 Å². The van der Waals surface area contributed by atoms with Crippen LogP contribution in [0.3, 0.4) is 0 Å². The highest BCUT2D eigenvalue weighted by Gasteiger charge is 2.31. The summed E-state index contributed by atoms with van der Waals surface area (Å²) < 4.78 is 22.8. The first-order valence-corrected chi connectivity index (χ1v) is 8.38. The van der Waals surface area contributed by atoms with E-state index in [1.54, 1.807) is 11.3 Å². The van der Waals surface area contributed by atoms with Crippen molar-refractivity contribution in [2.75, 3.05) is 25.1 Å². The Kier molecular flexibility index (Phi) is 3.87. The number of hydrogen-bond donors (Lipinski definition) is 1. The fourth-order valence-corrected chi connectivity index (χ4v) is 4.70. The van der Waals surface area contributed by atoms with Gasteiger partial charge in [-0.25, -0.2) is 8.42 Å². The summed E-state index contributed by atoms with van der Waals surface area (Å²) in [7, 11) is -0.853. The summed E-state index contributed by atoms with van der Waals surface area (Å²) in [5.74, 6) is 0.594. The molecule has 0 aliphatic carbocycles. The Labute approximate surface area is 106 Å². The van der Waals surface area contributed by atoms with E-state index in [1.165, 1.54) is 0 Å². The molecule has 1 fully saturated rings. The number of sulfone groups is 1. The molecule has 0 amide bonds. The summed E-state index contributed by atoms with van der Waals surface area (Å²) in [6.45, 7) is 0.709. The number of likely N-dealkylation sites (N-methyl/N-ethyl adjacent to an activating group) is 1. The summed E-state index contributed by atoms with van der Waals surface area (Å²) in [4.78, 5) is 3.23. The van der Waals surface area contributed by atoms with Gasteiger partial charge in [0, 0.05) is 17.5 Å². The number of thiophene rings is 1. The topological polar surface area (TPSA) is 63.4 Å². The van der Waals surface area contributed by atoms with Gasteiger partial charge in [-0.2, -0.15) is 0 Å². The number of nitrogens with zero attached hydrogens (tertiary/aromatic N) is 1. The second kappa shape index (κ2) is 5.06. The fraction of sp³-hybridized carbons (Fsp3) is 0.636. The van der Waals surface area contributed by atoms with Gasteiger partial charge in [0.2, 0.25) is 0 Å². The van der Waals surface area contributed by atoms with Gasteiger partial charge < -0.3 is 10.6 Å². The number of nitrogens with two attached hydrogens (primary N) is 1. The summed E-state index contributed by atoms with van der Waals surface area (Å²) in [6, 6.07) is 4.11. The predicted octanol–water partition coefficient (Wildman–Crippen LogP) is 0.867. The van der Waals surface area contributed by atoms with Crippen molar-refractivity contribution in [1.82, 2.24) is 4.90 Å². The largest absolute Gasteiger partial charge is 0.322 e. The van der Waals surface area contributed by atoms with Gasteiger partial charge in [-0.1, -0.05) is 6.07 Å². The van der Waals surface area contributed by atoms with Gasteiger partial charge in [0.15, 0.2) is 9.84 Å². The molecule has 96 valence electrons. The van der Waals surface area contributed by atoms with Crippen LogP contribution in [-0.4, -0.2) is 44.5 Å². The SMILES string of the molecule is CN(CC(N)c1cccs1)C1CCS(=O)(=O)C1.